The summed E-state index contributed by atoms with van der Waals surface area (Å²) in [5, 5.41) is 27.7. The number of unbranched alkanes of at least 4 members (excludes halogenated alkanes) is 1. The van der Waals surface area contributed by atoms with Gasteiger partial charge in [-0.25, -0.2) is 4.79 Å². The molecule has 0 aliphatic rings. The molecule has 0 unspecified atom stereocenters. The van der Waals surface area contributed by atoms with Gasteiger partial charge in [0, 0.05) is 30.2 Å². The molecule has 1 rings (SSSR count). The third-order valence-electron chi connectivity index (χ3n) is 2.30. The Kier molecular flexibility index (Phi) is 5.72. The minimum absolute atomic E-state index is 0.153. The van der Waals surface area contributed by atoms with E-state index in [1.165, 1.54) is 24.3 Å². The Morgan fingerprint density at radius 3 is 2.90 bits per heavy atom. The summed E-state index contributed by atoms with van der Waals surface area (Å²) in [6, 6.07) is 5.89. The zero-order chi connectivity index (χ0) is 15.0. The van der Waals surface area contributed by atoms with Crippen molar-refractivity contribution in [3.63, 3.8) is 0 Å². The highest BCUT2D eigenvalue weighted by atomic mass is 16.6. The first kappa shape index (κ1) is 15.2. The van der Waals surface area contributed by atoms with E-state index in [1.54, 1.807) is 0 Å². The zero-order valence-corrected chi connectivity index (χ0v) is 10.5. The normalized spacial score (nSPS) is 10.2. The molecular formula is C13H12N2O5. The van der Waals surface area contributed by atoms with E-state index in [0.29, 0.717) is 24.2 Å². The van der Waals surface area contributed by atoms with Crippen molar-refractivity contribution >= 4 is 17.7 Å². The molecule has 0 aromatic heterocycles. The Balaban J connectivity index is 2.94. The monoisotopic (exact) mass is 276 g/mol. The first-order chi connectivity index (χ1) is 9.54. The van der Waals surface area contributed by atoms with Gasteiger partial charge in [-0.15, -0.1) is 0 Å². The molecule has 0 heterocycles. The predicted octanol–water partition coefficient (Wildman–Crippen LogP) is 2.38. The van der Waals surface area contributed by atoms with Crippen LogP contribution in [0.25, 0.3) is 6.08 Å². The smallest absolute Gasteiger partial charge is 0.328 e. The second-order valence-electron chi connectivity index (χ2n) is 3.76. The maximum atomic E-state index is 10.7. The molecule has 1 aromatic carbocycles. The predicted molar refractivity (Wildman–Crippen MR) is 70.1 cm³/mol. The molecule has 0 spiro atoms. The molecule has 0 amide bonds. The summed E-state index contributed by atoms with van der Waals surface area (Å²) in [7, 11) is 0. The second-order valence-corrected chi connectivity index (χ2v) is 3.76. The largest absolute Gasteiger partial charge is 0.493 e. The maximum Gasteiger partial charge on any atom is 0.328 e. The van der Waals surface area contributed by atoms with Crippen molar-refractivity contribution in [2.75, 3.05) is 6.61 Å². The fourth-order valence-electron chi connectivity index (χ4n) is 1.41. The van der Waals surface area contributed by atoms with Crippen LogP contribution in [0.15, 0.2) is 24.3 Å². The summed E-state index contributed by atoms with van der Waals surface area (Å²) in [5.74, 6) is -0.821. The average molecular weight is 276 g/mol. The summed E-state index contributed by atoms with van der Waals surface area (Å²) in [6.07, 6.45) is 2.97. The Morgan fingerprint density at radius 2 is 2.30 bits per heavy atom. The van der Waals surface area contributed by atoms with Crippen LogP contribution in [-0.2, 0) is 4.79 Å². The molecule has 0 aliphatic carbocycles. The first-order valence-corrected chi connectivity index (χ1v) is 5.74. The number of nitro benzene ring substituents is 1. The van der Waals surface area contributed by atoms with Crippen molar-refractivity contribution in [3.05, 3.63) is 40.0 Å². The van der Waals surface area contributed by atoms with E-state index in [9.17, 15) is 14.9 Å². The molecule has 1 N–H and O–H groups in total. The molecule has 0 aliphatic heterocycles. The average Bonchev–Trinajstić information content (AvgIpc) is 2.41. The number of nitro groups is 1. The van der Waals surface area contributed by atoms with E-state index < -0.39 is 10.9 Å². The number of hydrogen-bond acceptors (Lipinski definition) is 5. The van der Waals surface area contributed by atoms with Gasteiger partial charge in [-0.05, 0) is 18.6 Å². The summed E-state index contributed by atoms with van der Waals surface area (Å²) in [4.78, 5) is 20.6. The van der Waals surface area contributed by atoms with Crippen molar-refractivity contribution in [1.82, 2.24) is 0 Å². The molecule has 0 fully saturated rings. The molecule has 7 nitrogen and oxygen atoms in total. The Morgan fingerprint density at radius 1 is 1.55 bits per heavy atom. The number of aliphatic carboxylic acids is 1. The highest BCUT2D eigenvalue weighted by Crippen LogP contribution is 2.25. The topological polar surface area (TPSA) is 113 Å². The summed E-state index contributed by atoms with van der Waals surface area (Å²) >= 11 is 0. The van der Waals surface area contributed by atoms with Crippen LogP contribution >= 0.6 is 0 Å². The molecule has 0 radical (unpaired) electrons. The third kappa shape index (κ3) is 4.78. The van der Waals surface area contributed by atoms with E-state index in [-0.39, 0.29) is 12.3 Å². The minimum Gasteiger partial charge on any atom is -0.493 e. The number of benzene rings is 1. The molecule has 0 bridgehead atoms. The lowest BCUT2D eigenvalue weighted by molar-refractivity contribution is -0.384. The van der Waals surface area contributed by atoms with Gasteiger partial charge >= 0.3 is 5.97 Å². The third-order valence-corrected chi connectivity index (χ3v) is 2.30. The number of non-ortho nitro benzene ring substituents is 1. The summed E-state index contributed by atoms with van der Waals surface area (Å²) < 4.78 is 5.39. The maximum absolute atomic E-state index is 10.7. The summed E-state index contributed by atoms with van der Waals surface area (Å²) in [5.41, 5.74) is 0.151. The fourth-order valence-corrected chi connectivity index (χ4v) is 1.41. The van der Waals surface area contributed by atoms with Crippen molar-refractivity contribution in [3.8, 4) is 11.8 Å². The van der Waals surface area contributed by atoms with Gasteiger partial charge in [-0.2, -0.15) is 5.26 Å². The zero-order valence-electron chi connectivity index (χ0n) is 10.5. The van der Waals surface area contributed by atoms with E-state index in [2.05, 4.69) is 0 Å². The number of hydrogen-bond donors (Lipinski definition) is 1. The molecule has 7 heteroatoms. The lowest BCUT2D eigenvalue weighted by Crippen LogP contribution is -1.99. The van der Waals surface area contributed by atoms with Gasteiger partial charge in [0.25, 0.3) is 5.69 Å². The molecule has 1 aromatic rings. The fraction of sp³-hybridized carbons (Fsp3) is 0.231. The van der Waals surface area contributed by atoms with Crippen LogP contribution < -0.4 is 4.74 Å². The van der Waals surface area contributed by atoms with E-state index in [4.69, 9.17) is 15.1 Å². The minimum atomic E-state index is -1.16. The van der Waals surface area contributed by atoms with E-state index in [0.717, 1.165) is 6.08 Å². The number of nitriles is 1. The number of carboxylic acids is 1. The van der Waals surface area contributed by atoms with Crippen LogP contribution in [0.1, 0.15) is 18.4 Å². The van der Waals surface area contributed by atoms with Crippen LogP contribution in [0.3, 0.4) is 0 Å². The van der Waals surface area contributed by atoms with Crippen LogP contribution in [0.4, 0.5) is 5.69 Å². The Bertz CT molecular complexity index is 575. The molecule has 104 valence electrons. The highest BCUT2D eigenvalue weighted by Gasteiger charge is 2.10. The van der Waals surface area contributed by atoms with Crippen LogP contribution in [-0.4, -0.2) is 22.6 Å². The molecular weight excluding hydrogens is 264 g/mol. The van der Waals surface area contributed by atoms with Crippen molar-refractivity contribution in [2.45, 2.75) is 12.8 Å². The second kappa shape index (κ2) is 7.53. The lowest BCUT2D eigenvalue weighted by atomic mass is 10.1. The van der Waals surface area contributed by atoms with Gasteiger partial charge in [0.05, 0.1) is 17.6 Å². The van der Waals surface area contributed by atoms with Gasteiger partial charge in [0.2, 0.25) is 0 Å². The van der Waals surface area contributed by atoms with Gasteiger partial charge in [0.1, 0.15) is 5.75 Å². The van der Waals surface area contributed by atoms with E-state index >= 15 is 0 Å². The SMILES string of the molecule is N#CCCCOc1ccc([N+](=O)[O-])cc1/C=C/C(=O)O. The van der Waals surface area contributed by atoms with Crippen LogP contribution in [0.2, 0.25) is 0 Å². The Hall–Kier alpha value is -2.88. The van der Waals surface area contributed by atoms with Gasteiger partial charge in [-0.3, -0.25) is 10.1 Å². The highest BCUT2D eigenvalue weighted by molar-refractivity contribution is 5.86. The standard InChI is InChI=1S/C13H12N2O5/c14-7-1-2-8-20-12-5-4-11(15(18)19)9-10(12)3-6-13(16)17/h3-6,9H,1-2,8H2,(H,16,17)/b6-3+. The van der Waals surface area contributed by atoms with Crippen molar-refractivity contribution < 1.29 is 19.6 Å². The molecule has 20 heavy (non-hydrogen) atoms. The number of carboxylic acid groups (broad SMARTS) is 1. The van der Waals surface area contributed by atoms with Gasteiger partial charge < -0.3 is 9.84 Å². The first-order valence-electron chi connectivity index (χ1n) is 5.74. The molecule has 0 atom stereocenters. The quantitative estimate of drug-likeness (QED) is 0.354. The number of nitrogens with zero attached hydrogens (tertiary/aromatic N) is 2. The van der Waals surface area contributed by atoms with E-state index in [1.807, 2.05) is 6.07 Å². The Labute approximate surface area is 114 Å². The number of carbonyl (C=O) groups is 1. The van der Waals surface area contributed by atoms with Crippen LogP contribution in [0.5, 0.6) is 5.75 Å². The van der Waals surface area contributed by atoms with Gasteiger partial charge in [-0.1, -0.05) is 0 Å². The molecule has 0 saturated heterocycles. The van der Waals surface area contributed by atoms with Gasteiger partial charge in [0.15, 0.2) is 0 Å². The number of ether oxygens (including phenoxy) is 1. The molecule has 0 saturated carbocycles. The van der Waals surface area contributed by atoms with Crippen LogP contribution in [0, 0.1) is 21.4 Å². The number of rotatable bonds is 7. The van der Waals surface area contributed by atoms with Crippen molar-refractivity contribution in [2.24, 2.45) is 0 Å². The van der Waals surface area contributed by atoms with Crippen molar-refractivity contribution in [1.29, 1.82) is 5.26 Å². The summed E-state index contributed by atoms with van der Waals surface area (Å²) in [6.45, 7) is 0.277. The lowest BCUT2D eigenvalue weighted by Gasteiger charge is -2.08.